The highest BCUT2D eigenvalue weighted by molar-refractivity contribution is 5.15. The van der Waals surface area contributed by atoms with Crippen molar-refractivity contribution in [3.05, 3.63) is 35.9 Å². The molecule has 0 aromatic heterocycles. The molecule has 2 unspecified atom stereocenters. The van der Waals surface area contributed by atoms with Crippen molar-refractivity contribution in [2.24, 2.45) is 5.73 Å². The molecule has 2 rings (SSSR count). The predicted molar refractivity (Wildman–Crippen MR) is 82.2 cm³/mol. The first kappa shape index (κ1) is 14.5. The summed E-state index contributed by atoms with van der Waals surface area (Å²) in [6.45, 7) is 6.64. The molecule has 0 aliphatic carbocycles. The van der Waals surface area contributed by atoms with Gasteiger partial charge in [-0.25, -0.2) is 0 Å². The molecule has 2 atom stereocenters. The first-order valence-corrected chi connectivity index (χ1v) is 7.70. The van der Waals surface area contributed by atoms with Crippen LogP contribution in [0.3, 0.4) is 0 Å². The maximum absolute atomic E-state index is 6.13. The van der Waals surface area contributed by atoms with Crippen molar-refractivity contribution < 1.29 is 0 Å². The summed E-state index contributed by atoms with van der Waals surface area (Å²) < 4.78 is 0. The highest BCUT2D eigenvalue weighted by Gasteiger charge is 2.37. The van der Waals surface area contributed by atoms with E-state index in [2.05, 4.69) is 49.1 Å². The summed E-state index contributed by atoms with van der Waals surface area (Å²) >= 11 is 0. The Bertz CT molecular complexity index is 376. The van der Waals surface area contributed by atoms with Gasteiger partial charge in [0.1, 0.15) is 0 Å². The van der Waals surface area contributed by atoms with Crippen LogP contribution in [0.2, 0.25) is 0 Å². The lowest BCUT2D eigenvalue weighted by molar-refractivity contribution is 0.0857. The number of nitrogens with two attached hydrogens (primary N) is 1. The van der Waals surface area contributed by atoms with Crippen molar-refractivity contribution in [2.45, 2.75) is 57.5 Å². The van der Waals surface area contributed by atoms with Gasteiger partial charge >= 0.3 is 0 Å². The molecule has 1 aliphatic heterocycles. The molecule has 2 nitrogen and oxygen atoms in total. The van der Waals surface area contributed by atoms with Crippen LogP contribution in [0.5, 0.6) is 0 Å². The molecule has 1 aliphatic rings. The van der Waals surface area contributed by atoms with E-state index < -0.39 is 0 Å². The predicted octanol–water partition coefficient (Wildman–Crippen LogP) is 3.21. The van der Waals surface area contributed by atoms with Gasteiger partial charge in [0.05, 0.1) is 0 Å². The van der Waals surface area contributed by atoms with Gasteiger partial charge in [-0.1, -0.05) is 37.3 Å². The lowest BCUT2D eigenvalue weighted by Crippen LogP contribution is -2.53. The number of aryl methyl sites for hydroxylation is 1. The van der Waals surface area contributed by atoms with Crippen LogP contribution in [0.25, 0.3) is 0 Å². The second kappa shape index (κ2) is 6.53. The summed E-state index contributed by atoms with van der Waals surface area (Å²) in [5.41, 5.74) is 7.71. The molecule has 0 spiro atoms. The third-order valence-electron chi connectivity index (χ3n) is 4.78. The molecule has 1 heterocycles. The number of nitrogens with zero attached hydrogens (tertiary/aromatic N) is 1. The highest BCUT2D eigenvalue weighted by atomic mass is 15.2. The summed E-state index contributed by atoms with van der Waals surface area (Å²) in [7, 11) is 0. The lowest BCUT2D eigenvalue weighted by atomic mass is 9.90. The number of hydrogen-bond donors (Lipinski definition) is 1. The third kappa shape index (κ3) is 3.37. The summed E-state index contributed by atoms with van der Waals surface area (Å²) in [4.78, 5) is 2.68. The molecule has 1 aromatic carbocycles. The molecule has 2 N–H and O–H groups in total. The average Bonchev–Trinajstić information content (AvgIpc) is 2.95. The molecular formula is C17H28N2. The molecule has 0 amide bonds. The van der Waals surface area contributed by atoms with Crippen LogP contribution in [-0.2, 0) is 6.42 Å². The van der Waals surface area contributed by atoms with Gasteiger partial charge in [0.2, 0.25) is 0 Å². The van der Waals surface area contributed by atoms with Crippen molar-refractivity contribution >= 4 is 0 Å². The minimum absolute atomic E-state index is 0.160. The van der Waals surface area contributed by atoms with E-state index in [-0.39, 0.29) is 5.54 Å². The Labute approximate surface area is 118 Å². The van der Waals surface area contributed by atoms with Crippen molar-refractivity contribution in [3.63, 3.8) is 0 Å². The van der Waals surface area contributed by atoms with Crippen LogP contribution in [0.1, 0.15) is 45.1 Å². The van der Waals surface area contributed by atoms with E-state index in [4.69, 9.17) is 5.73 Å². The largest absolute Gasteiger partial charge is 0.329 e. The molecule has 1 aromatic rings. The quantitative estimate of drug-likeness (QED) is 0.851. The Morgan fingerprint density at radius 1 is 1.32 bits per heavy atom. The molecule has 0 radical (unpaired) electrons. The average molecular weight is 260 g/mol. The Hall–Kier alpha value is -0.860. The Kier molecular flexibility index (Phi) is 5.00. The van der Waals surface area contributed by atoms with E-state index in [1.165, 1.54) is 31.4 Å². The number of likely N-dealkylation sites (tertiary alicyclic amines) is 1. The van der Waals surface area contributed by atoms with Crippen molar-refractivity contribution in [3.8, 4) is 0 Å². The Balaban J connectivity index is 2.01. The minimum Gasteiger partial charge on any atom is -0.329 e. The molecule has 0 saturated carbocycles. The van der Waals surface area contributed by atoms with Gasteiger partial charge < -0.3 is 5.73 Å². The molecule has 19 heavy (non-hydrogen) atoms. The second-order valence-corrected chi connectivity index (χ2v) is 6.08. The number of hydrogen-bond acceptors (Lipinski definition) is 2. The maximum atomic E-state index is 6.13. The Morgan fingerprint density at radius 2 is 2.05 bits per heavy atom. The SMILES string of the molecule is CCC1CCCN1C(C)(CN)CCc1ccccc1. The highest BCUT2D eigenvalue weighted by Crippen LogP contribution is 2.31. The maximum Gasteiger partial charge on any atom is 0.0309 e. The lowest BCUT2D eigenvalue weighted by Gasteiger charge is -2.42. The zero-order valence-electron chi connectivity index (χ0n) is 12.4. The zero-order chi connectivity index (χ0) is 13.7. The van der Waals surface area contributed by atoms with Crippen molar-refractivity contribution in [1.29, 1.82) is 0 Å². The monoisotopic (exact) mass is 260 g/mol. The fourth-order valence-corrected chi connectivity index (χ4v) is 3.39. The number of rotatable bonds is 6. The molecular weight excluding hydrogens is 232 g/mol. The van der Waals surface area contributed by atoms with Crippen LogP contribution in [0, 0.1) is 0 Å². The first-order valence-electron chi connectivity index (χ1n) is 7.70. The Morgan fingerprint density at radius 3 is 2.68 bits per heavy atom. The third-order valence-corrected chi connectivity index (χ3v) is 4.78. The summed E-state index contributed by atoms with van der Waals surface area (Å²) in [6.07, 6.45) is 6.21. The number of benzene rings is 1. The van der Waals surface area contributed by atoms with Gasteiger partial charge in [-0.2, -0.15) is 0 Å². The van der Waals surface area contributed by atoms with Crippen LogP contribution >= 0.6 is 0 Å². The summed E-state index contributed by atoms with van der Waals surface area (Å²) in [5, 5.41) is 0. The first-order chi connectivity index (χ1) is 9.19. The van der Waals surface area contributed by atoms with Crippen molar-refractivity contribution in [1.82, 2.24) is 4.90 Å². The van der Waals surface area contributed by atoms with Crippen molar-refractivity contribution in [2.75, 3.05) is 13.1 Å². The second-order valence-electron chi connectivity index (χ2n) is 6.08. The summed E-state index contributed by atoms with van der Waals surface area (Å²) in [6, 6.07) is 11.5. The van der Waals surface area contributed by atoms with E-state index in [9.17, 15) is 0 Å². The normalized spacial score (nSPS) is 23.4. The topological polar surface area (TPSA) is 29.3 Å². The summed E-state index contributed by atoms with van der Waals surface area (Å²) in [5.74, 6) is 0. The van der Waals surface area contributed by atoms with E-state index in [1.54, 1.807) is 0 Å². The van der Waals surface area contributed by atoms with Gasteiger partial charge in [0, 0.05) is 18.1 Å². The molecule has 106 valence electrons. The van der Waals surface area contributed by atoms with Crippen LogP contribution in [0.4, 0.5) is 0 Å². The van der Waals surface area contributed by atoms with E-state index in [0.29, 0.717) is 0 Å². The molecule has 1 fully saturated rings. The van der Waals surface area contributed by atoms with E-state index in [0.717, 1.165) is 25.4 Å². The van der Waals surface area contributed by atoms with Gasteiger partial charge in [-0.15, -0.1) is 0 Å². The zero-order valence-corrected chi connectivity index (χ0v) is 12.4. The van der Waals surface area contributed by atoms with Gasteiger partial charge in [0.25, 0.3) is 0 Å². The van der Waals surface area contributed by atoms with Gasteiger partial charge in [-0.05, 0) is 51.1 Å². The van der Waals surface area contributed by atoms with Gasteiger partial charge in [-0.3, -0.25) is 4.90 Å². The van der Waals surface area contributed by atoms with Crippen LogP contribution in [-0.4, -0.2) is 29.6 Å². The van der Waals surface area contributed by atoms with Crippen LogP contribution < -0.4 is 5.73 Å². The minimum atomic E-state index is 0.160. The standard InChI is InChI=1S/C17H28N2/c1-3-16-10-7-13-19(16)17(2,14-18)12-11-15-8-5-4-6-9-15/h4-6,8-9,16H,3,7,10-14,18H2,1-2H3. The molecule has 1 saturated heterocycles. The van der Waals surface area contributed by atoms with Crippen LogP contribution in [0.15, 0.2) is 30.3 Å². The molecule has 2 heteroatoms. The van der Waals surface area contributed by atoms with E-state index in [1.807, 2.05) is 0 Å². The molecule has 0 bridgehead atoms. The van der Waals surface area contributed by atoms with E-state index >= 15 is 0 Å². The fraction of sp³-hybridized carbons (Fsp3) is 0.647. The fourth-order valence-electron chi connectivity index (χ4n) is 3.39. The van der Waals surface area contributed by atoms with Gasteiger partial charge in [0.15, 0.2) is 0 Å². The smallest absolute Gasteiger partial charge is 0.0309 e.